The van der Waals surface area contributed by atoms with Crippen LogP contribution < -0.4 is 0 Å². The minimum atomic E-state index is -4.78. The van der Waals surface area contributed by atoms with Gasteiger partial charge in [0.2, 0.25) is 0 Å². The number of phosphoric acid groups is 1. The number of ether oxygens (including phenoxy) is 2. The maximum atomic E-state index is 12.3. The van der Waals surface area contributed by atoms with Crippen molar-refractivity contribution in [3.05, 3.63) is 97.2 Å². The predicted molar refractivity (Wildman–Crippen MR) is 206 cm³/mol. The second-order valence-corrected chi connectivity index (χ2v) is 13.0. The van der Waals surface area contributed by atoms with Crippen molar-refractivity contribution in [2.75, 3.05) is 13.2 Å². The molecular weight excluding hydrogens is 651 g/mol. The van der Waals surface area contributed by atoms with Crippen molar-refractivity contribution in [3.8, 4) is 0 Å². The Kier molecular flexibility index (Phi) is 33.6. The quantitative estimate of drug-likeness (QED) is 0.0305. The van der Waals surface area contributed by atoms with Gasteiger partial charge in [0.15, 0.2) is 6.10 Å². The van der Waals surface area contributed by atoms with Crippen molar-refractivity contribution in [3.63, 3.8) is 0 Å². The maximum Gasteiger partial charge on any atom is 0.469 e. The van der Waals surface area contributed by atoms with Crippen molar-refractivity contribution in [1.29, 1.82) is 0 Å². The standard InChI is InChI=1S/C41H65O8P/c1-3-5-7-9-11-13-15-17-19-20-22-24-26-28-30-32-34-36-41(43)49-39(38-48-50(44,45)46)37-47-40(42)35-33-31-29-27-25-23-21-18-16-14-12-10-8-6-4-2/h5,7,11-14,17-19,21-22,24-25,27-28,30,39H,3-4,6,8-10,15-16,20,23,26,29,31-38H2,1-2H3,(H2,44,45,46)/b7-5-,13-11-,14-12-,19-17-,21-18-,24-22-,27-25-,30-28-/t39-/m1/s1. The van der Waals surface area contributed by atoms with Gasteiger partial charge in [0.25, 0.3) is 0 Å². The van der Waals surface area contributed by atoms with Crippen LogP contribution in [0.3, 0.4) is 0 Å². The van der Waals surface area contributed by atoms with Crippen LogP contribution in [0.5, 0.6) is 0 Å². The number of hydrogen-bond donors (Lipinski definition) is 2. The summed E-state index contributed by atoms with van der Waals surface area (Å²) in [5, 5.41) is 0. The molecule has 0 radical (unpaired) electrons. The van der Waals surface area contributed by atoms with Gasteiger partial charge in [0, 0.05) is 12.8 Å². The highest BCUT2D eigenvalue weighted by atomic mass is 31.2. The van der Waals surface area contributed by atoms with Crippen LogP contribution in [0, 0.1) is 0 Å². The molecule has 0 saturated carbocycles. The summed E-state index contributed by atoms with van der Waals surface area (Å²) in [4.78, 5) is 42.7. The Morgan fingerprint density at radius 1 is 0.540 bits per heavy atom. The minimum absolute atomic E-state index is 0.119. The molecule has 0 aromatic rings. The van der Waals surface area contributed by atoms with Gasteiger partial charge in [-0.15, -0.1) is 0 Å². The number of allylic oxidation sites excluding steroid dienone is 16. The van der Waals surface area contributed by atoms with Crippen LogP contribution in [0.25, 0.3) is 0 Å². The third-order valence-electron chi connectivity index (χ3n) is 7.09. The SMILES string of the molecule is CC/C=C\C/C=C\C/C=C\C/C=C\C/C=C\CCCC(=O)O[C@H](COC(=O)CCCC/C=C\C/C=C\C/C=C\CCCCC)COP(=O)(O)O. The average Bonchev–Trinajstić information content (AvgIpc) is 3.08. The zero-order valence-electron chi connectivity index (χ0n) is 30.7. The number of hydrogen-bond acceptors (Lipinski definition) is 6. The highest BCUT2D eigenvalue weighted by Gasteiger charge is 2.22. The lowest BCUT2D eigenvalue weighted by atomic mass is 10.1. The van der Waals surface area contributed by atoms with Gasteiger partial charge in [-0.05, 0) is 89.9 Å². The fourth-order valence-corrected chi connectivity index (χ4v) is 4.71. The van der Waals surface area contributed by atoms with Gasteiger partial charge in [-0.25, -0.2) is 4.57 Å². The van der Waals surface area contributed by atoms with Crippen molar-refractivity contribution in [1.82, 2.24) is 0 Å². The van der Waals surface area contributed by atoms with E-state index in [0.29, 0.717) is 19.3 Å². The summed E-state index contributed by atoms with van der Waals surface area (Å²) in [7, 11) is -4.78. The lowest BCUT2D eigenvalue weighted by molar-refractivity contribution is -0.161. The predicted octanol–water partition coefficient (Wildman–Crippen LogP) is 11.1. The van der Waals surface area contributed by atoms with Crippen LogP contribution in [-0.4, -0.2) is 41.0 Å². The second-order valence-electron chi connectivity index (χ2n) is 11.8. The number of carbonyl (C=O) groups excluding carboxylic acids is 2. The molecule has 0 aromatic carbocycles. The van der Waals surface area contributed by atoms with E-state index in [4.69, 9.17) is 19.3 Å². The zero-order chi connectivity index (χ0) is 36.8. The van der Waals surface area contributed by atoms with Crippen LogP contribution in [-0.2, 0) is 28.2 Å². The molecule has 0 fully saturated rings. The largest absolute Gasteiger partial charge is 0.469 e. The molecule has 1 atom stereocenters. The first-order valence-electron chi connectivity index (χ1n) is 18.5. The molecule has 0 aliphatic carbocycles. The Hall–Kier alpha value is -3.03. The molecule has 2 N–H and O–H groups in total. The molecule has 50 heavy (non-hydrogen) atoms. The number of carbonyl (C=O) groups is 2. The molecule has 9 heteroatoms. The maximum absolute atomic E-state index is 12.3. The molecule has 0 bridgehead atoms. The Bertz CT molecular complexity index is 1120. The number of unbranched alkanes of at least 4 members (excludes halogenated alkanes) is 6. The second kappa shape index (κ2) is 35.8. The normalized spacial score (nSPS) is 13.6. The van der Waals surface area contributed by atoms with Gasteiger partial charge in [-0.1, -0.05) is 124 Å². The molecule has 0 amide bonds. The van der Waals surface area contributed by atoms with Crippen molar-refractivity contribution in [2.24, 2.45) is 0 Å². The Labute approximate surface area is 303 Å². The van der Waals surface area contributed by atoms with E-state index in [-0.39, 0.29) is 19.4 Å². The molecular formula is C41H65O8P. The van der Waals surface area contributed by atoms with Crippen LogP contribution in [0.4, 0.5) is 0 Å². The molecule has 0 heterocycles. The third kappa shape index (κ3) is 37.8. The fourth-order valence-electron chi connectivity index (χ4n) is 4.35. The fraction of sp³-hybridized carbons (Fsp3) is 0.561. The number of rotatable bonds is 32. The summed E-state index contributed by atoms with van der Waals surface area (Å²) < 4.78 is 26.2. The summed E-state index contributed by atoms with van der Waals surface area (Å²) in [6, 6.07) is 0. The van der Waals surface area contributed by atoms with Crippen LogP contribution in [0.1, 0.15) is 129 Å². The third-order valence-corrected chi connectivity index (χ3v) is 7.57. The molecule has 0 rings (SSSR count). The molecule has 0 saturated heterocycles. The Balaban J connectivity index is 4.18. The molecule has 0 aliphatic rings. The van der Waals surface area contributed by atoms with Crippen LogP contribution in [0.2, 0.25) is 0 Å². The van der Waals surface area contributed by atoms with E-state index in [9.17, 15) is 14.2 Å². The molecule has 0 aromatic heterocycles. The van der Waals surface area contributed by atoms with E-state index in [2.05, 4.69) is 103 Å². The van der Waals surface area contributed by atoms with Crippen molar-refractivity contribution >= 4 is 19.8 Å². The summed E-state index contributed by atoms with van der Waals surface area (Å²) >= 11 is 0. The monoisotopic (exact) mass is 716 g/mol. The van der Waals surface area contributed by atoms with Crippen molar-refractivity contribution < 1.29 is 37.9 Å². The smallest absolute Gasteiger partial charge is 0.462 e. The van der Waals surface area contributed by atoms with Gasteiger partial charge in [-0.3, -0.25) is 14.1 Å². The topological polar surface area (TPSA) is 119 Å². The van der Waals surface area contributed by atoms with E-state index in [1.807, 2.05) is 12.2 Å². The van der Waals surface area contributed by atoms with E-state index in [1.165, 1.54) is 19.3 Å². The number of esters is 2. The lowest BCUT2D eigenvalue weighted by Crippen LogP contribution is -2.29. The first kappa shape index (κ1) is 47.0. The highest BCUT2D eigenvalue weighted by molar-refractivity contribution is 7.46. The van der Waals surface area contributed by atoms with E-state index >= 15 is 0 Å². The lowest BCUT2D eigenvalue weighted by Gasteiger charge is -2.18. The van der Waals surface area contributed by atoms with Gasteiger partial charge in [-0.2, -0.15) is 0 Å². The zero-order valence-corrected chi connectivity index (χ0v) is 31.6. The average molecular weight is 717 g/mol. The summed E-state index contributed by atoms with van der Waals surface area (Å²) in [5.74, 6) is -1.01. The van der Waals surface area contributed by atoms with Crippen molar-refractivity contribution in [2.45, 2.75) is 136 Å². The Morgan fingerprint density at radius 3 is 1.42 bits per heavy atom. The van der Waals surface area contributed by atoms with E-state index < -0.39 is 32.5 Å². The molecule has 8 nitrogen and oxygen atoms in total. The molecule has 0 spiro atoms. The van der Waals surface area contributed by atoms with E-state index in [1.54, 1.807) is 0 Å². The first-order valence-corrected chi connectivity index (χ1v) is 20.1. The number of phosphoric ester groups is 1. The molecule has 0 unspecified atom stereocenters. The molecule has 282 valence electrons. The van der Waals surface area contributed by atoms with Gasteiger partial charge in [0.05, 0.1) is 6.61 Å². The minimum Gasteiger partial charge on any atom is -0.462 e. The van der Waals surface area contributed by atoms with Crippen LogP contribution in [0.15, 0.2) is 97.2 Å². The van der Waals surface area contributed by atoms with Gasteiger partial charge >= 0.3 is 19.8 Å². The Morgan fingerprint density at radius 2 is 0.960 bits per heavy atom. The molecule has 0 aliphatic heterocycles. The van der Waals surface area contributed by atoms with E-state index in [0.717, 1.165) is 64.2 Å². The van der Waals surface area contributed by atoms with Gasteiger partial charge in [0.1, 0.15) is 6.61 Å². The van der Waals surface area contributed by atoms with Crippen LogP contribution >= 0.6 is 7.82 Å². The first-order chi connectivity index (χ1) is 24.3. The van der Waals surface area contributed by atoms with Gasteiger partial charge < -0.3 is 19.3 Å². The highest BCUT2D eigenvalue weighted by Crippen LogP contribution is 2.35. The summed E-state index contributed by atoms with van der Waals surface area (Å²) in [5.41, 5.74) is 0. The summed E-state index contributed by atoms with van der Waals surface area (Å²) in [6.07, 6.45) is 48.5. The summed E-state index contributed by atoms with van der Waals surface area (Å²) in [6.45, 7) is 3.43.